The number of hydrogen-bond donors (Lipinski definition) is 1. The zero-order valence-corrected chi connectivity index (χ0v) is 10.0. The van der Waals surface area contributed by atoms with Crippen LogP contribution in [0.5, 0.6) is 0 Å². The molecule has 1 rings (SSSR count). The van der Waals surface area contributed by atoms with Crippen molar-refractivity contribution in [2.45, 2.75) is 57.6 Å². The van der Waals surface area contributed by atoms with Crippen molar-refractivity contribution >= 4 is 0 Å². The van der Waals surface area contributed by atoms with Crippen LogP contribution < -0.4 is 5.32 Å². The molecule has 0 aliphatic carbocycles. The zero-order valence-electron chi connectivity index (χ0n) is 10.0. The molecular weight excluding hydrogens is 193 g/mol. The summed E-state index contributed by atoms with van der Waals surface area (Å²) in [7, 11) is 0. The van der Waals surface area contributed by atoms with Crippen molar-refractivity contribution in [2.75, 3.05) is 19.8 Å². The molecule has 90 valence electrons. The predicted octanol–water partition coefficient (Wildman–Crippen LogP) is 2.67. The monoisotopic (exact) mass is 217 g/mol. The third kappa shape index (κ3) is 3.72. The Morgan fingerprint density at radius 3 is 2.73 bits per heavy atom. The second kappa shape index (κ2) is 6.44. The lowest BCUT2D eigenvalue weighted by atomic mass is 9.86. The Labute approximate surface area is 92.6 Å². The quantitative estimate of drug-likeness (QED) is 0.691. The van der Waals surface area contributed by atoms with E-state index < -0.39 is 0 Å². The summed E-state index contributed by atoms with van der Waals surface area (Å²) in [6, 6.07) is 0.519. The maximum absolute atomic E-state index is 12.0. The van der Waals surface area contributed by atoms with Crippen LogP contribution in [0.15, 0.2) is 0 Å². The van der Waals surface area contributed by atoms with Crippen LogP contribution in [0, 0.1) is 0 Å². The molecule has 0 aromatic rings. The molecule has 1 heterocycles. The fourth-order valence-corrected chi connectivity index (χ4v) is 2.32. The van der Waals surface area contributed by atoms with Gasteiger partial charge in [0.2, 0.25) is 0 Å². The highest BCUT2D eigenvalue weighted by molar-refractivity contribution is 4.87. The number of halogens is 1. The van der Waals surface area contributed by atoms with Crippen molar-refractivity contribution in [1.82, 2.24) is 5.32 Å². The predicted molar refractivity (Wildman–Crippen MR) is 60.9 cm³/mol. The van der Waals surface area contributed by atoms with E-state index in [-0.39, 0.29) is 12.3 Å². The minimum absolute atomic E-state index is 0.0750. The summed E-state index contributed by atoms with van der Waals surface area (Å²) in [6.07, 6.45) is 4.92. The molecule has 1 aliphatic heterocycles. The van der Waals surface area contributed by atoms with Gasteiger partial charge < -0.3 is 10.1 Å². The zero-order chi connectivity index (χ0) is 11.1. The molecule has 0 aromatic carbocycles. The van der Waals surface area contributed by atoms with E-state index in [1.54, 1.807) is 0 Å². The van der Waals surface area contributed by atoms with E-state index >= 15 is 0 Å². The van der Waals surface area contributed by atoms with Gasteiger partial charge in [0.25, 0.3) is 0 Å². The van der Waals surface area contributed by atoms with Crippen molar-refractivity contribution in [3.05, 3.63) is 0 Å². The van der Waals surface area contributed by atoms with Crippen LogP contribution in [0.4, 0.5) is 4.39 Å². The van der Waals surface area contributed by atoms with Gasteiger partial charge in [-0.3, -0.25) is 4.39 Å². The lowest BCUT2D eigenvalue weighted by molar-refractivity contribution is -0.0929. The van der Waals surface area contributed by atoms with Gasteiger partial charge in [-0.2, -0.15) is 0 Å². The van der Waals surface area contributed by atoms with Gasteiger partial charge in [0, 0.05) is 12.6 Å². The van der Waals surface area contributed by atoms with Crippen LogP contribution >= 0.6 is 0 Å². The summed E-state index contributed by atoms with van der Waals surface area (Å²) in [5.74, 6) is 0. The lowest BCUT2D eigenvalue weighted by Crippen LogP contribution is -2.46. The van der Waals surface area contributed by atoms with E-state index in [1.807, 2.05) is 0 Å². The molecule has 1 fully saturated rings. The van der Waals surface area contributed by atoms with Gasteiger partial charge in [-0.25, -0.2) is 0 Å². The van der Waals surface area contributed by atoms with Crippen LogP contribution in [-0.4, -0.2) is 31.5 Å². The standard InChI is InChI=1S/C12H24FNO/c1-3-12(4-2)10-11(6-9-15-12)14-8-5-7-13/h11,14H,3-10H2,1-2H3. The molecule has 0 spiro atoms. The SMILES string of the molecule is CCC1(CC)CC(NCCCF)CCO1. The maximum Gasteiger partial charge on any atom is 0.0906 e. The lowest BCUT2D eigenvalue weighted by Gasteiger charge is -2.40. The Hall–Kier alpha value is -0.150. The molecule has 0 radical (unpaired) electrons. The first kappa shape index (κ1) is 12.9. The number of ether oxygens (including phenoxy) is 1. The summed E-state index contributed by atoms with van der Waals surface area (Å²) >= 11 is 0. The number of rotatable bonds is 6. The van der Waals surface area contributed by atoms with Gasteiger partial charge in [-0.15, -0.1) is 0 Å². The number of alkyl halides is 1. The third-order valence-corrected chi connectivity index (χ3v) is 3.53. The average molecular weight is 217 g/mol. The summed E-state index contributed by atoms with van der Waals surface area (Å²) < 4.78 is 17.9. The maximum atomic E-state index is 12.0. The van der Waals surface area contributed by atoms with Crippen LogP contribution in [0.1, 0.15) is 46.0 Å². The van der Waals surface area contributed by atoms with E-state index in [0.717, 1.165) is 38.8 Å². The molecule has 1 saturated heterocycles. The molecule has 1 aliphatic rings. The van der Waals surface area contributed by atoms with Crippen molar-refractivity contribution < 1.29 is 9.13 Å². The van der Waals surface area contributed by atoms with Crippen LogP contribution in [0.25, 0.3) is 0 Å². The van der Waals surface area contributed by atoms with Crippen molar-refractivity contribution in [2.24, 2.45) is 0 Å². The molecule has 0 amide bonds. The second-order valence-electron chi connectivity index (χ2n) is 4.42. The largest absolute Gasteiger partial charge is 0.375 e. The first-order valence-corrected chi connectivity index (χ1v) is 6.19. The molecule has 1 unspecified atom stereocenters. The van der Waals surface area contributed by atoms with E-state index in [0.29, 0.717) is 12.5 Å². The van der Waals surface area contributed by atoms with Crippen LogP contribution in [0.2, 0.25) is 0 Å². The first-order valence-electron chi connectivity index (χ1n) is 6.19. The van der Waals surface area contributed by atoms with Gasteiger partial charge in [-0.05, 0) is 38.6 Å². The highest BCUT2D eigenvalue weighted by Crippen LogP contribution is 2.31. The minimum Gasteiger partial charge on any atom is -0.375 e. The Balaban J connectivity index is 2.34. The van der Waals surface area contributed by atoms with E-state index in [9.17, 15) is 4.39 Å². The Kier molecular flexibility index (Phi) is 5.54. The van der Waals surface area contributed by atoms with Gasteiger partial charge in [0.05, 0.1) is 12.3 Å². The average Bonchev–Trinajstić information content (AvgIpc) is 2.30. The summed E-state index contributed by atoms with van der Waals surface area (Å²) in [5, 5.41) is 3.43. The highest BCUT2D eigenvalue weighted by atomic mass is 19.1. The first-order chi connectivity index (χ1) is 7.26. The third-order valence-electron chi connectivity index (χ3n) is 3.53. The Bertz CT molecular complexity index is 171. The van der Waals surface area contributed by atoms with E-state index in [2.05, 4.69) is 19.2 Å². The Morgan fingerprint density at radius 2 is 2.13 bits per heavy atom. The molecule has 0 saturated carbocycles. The highest BCUT2D eigenvalue weighted by Gasteiger charge is 2.33. The topological polar surface area (TPSA) is 21.3 Å². The van der Waals surface area contributed by atoms with Gasteiger partial charge >= 0.3 is 0 Å². The van der Waals surface area contributed by atoms with Crippen molar-refractivity contribution in [3.8, 4) is 0 Å². The molecule has 15 heavy (non-hydrogen) atoms. The Morgan fingerprint density at radius 1 is 1.40 bits per heavy atom. The van der Waals surface area contributed by atoms with Crippen molar-refractivity contribution in [3.63, 3.8) is 0 Å². The molecule has 2 nitrogen and oxygen atoms in total. The van der Waals surface area contributed by atoms with Gasteiger partial charge in [0.15, 0.2) is 0 Å². The molecule has 0 bridgehead atoms. The van der Waals surface area contributed by atoms with E-state index in [4.69, 9.17) is 4.74 Å². The second-order valence-corrected chi connectivity index (χ2v) is 4.42. The van der Waals surface area contributed by atoms with E-state index in [1.165, 1.54) is 0 Å². The number of hydrogen-bond acceptors (Lipinski definition) is 2. The molecular formula is C12H24FNO. The van der Waals surface area contributed by atoms with Crippen LogP contribution in [0.3, 0.4) is 0 Å². The fraction of sp³-hybridized carbons (Fsp3) is 1.00. The molecule has 1 atom stereocenters. The summed E-state index contributed by atoms with van der Waals surface area (Å²) in [6.45, 7) is 5.80. The van der Waals surface area contributed by atoms with Crippen molar-refractivity contribution in [1.29, 1.82) is 0 Å². The fourth-order valence-electron chi connectivity index (χ4n) is 2.32. The summed E-state index contributed by atoms with van der Waals surface area (Å²) in [5.41, 5.74) is 0.0750. The molecule has 0 aromatic heterocycles. The smallest absolute Gasteiger partial charge is 0.0906 e. The normalized spacial score (nSPS) is 25.4. The minimum atomic E-state index is -0.219. The van der Waals surface area contributed by atoms with Gasteiger partial charge in [-0.1, -0.05) is 13.8 Å². The molecule has 3 heteroatoms. The molecule has 1 N–H and O–H groups in total. The van der Waals surface area contributed by atoms with Crippen LogP contribution in [-0.2, 0) is 4.74 Å². The summed E-state index contributed by atoms with van der Waals surface area (Å²) in [4.78, 5) is 0. The van der Waals surface area contributed by atoms with Gasteiger partial charge in [0.1, 0.15) is 0 Å². The number of nitrogens with one attached hydrogen (secondary N) is 1.